The fourth-order valence-electron chi connectivity index (χ4n) is 5.08. The molecule has 0 aliphatic heterocycles. The second-order valence-electron chi connectivity index (χ2n) is 13.3. The van der Waals surface area contributed by atoms with Gasteiger partial charge in [-0.1, -0.05) is 65.2 Å². The summed E-state index contributed by atoms with van der Waals surface area (Å²) in [6.45, 7) is 11.0. The van der Waals surface area contributed by atoms with E-state index in [0.29, 0.717) is 25.2 Å². The number of ether oxygens (including phenoxy) is 2. The van der Waals surface area contributed by atoms with E-state index in [4.69, 9.17) is 9.47 Å². The molecule has 4 N–H and O–H groups in total. The van der Waals surface area contributed by atoms with Crippen LogP contribution in [-0.4, -0.2) is 70.6 Å². The average Bonchev–Trinajstić information content (AvgIpc) is 2.97. The first-order chi connectivity index (χ1) is 19.6. The number of carboxylic acid groups (broad SMARTS) is 2. The summed E-state index contributed by atoms with van der Waals surface area (Å²) >= 11 is 0. The first kappa shape index (κ1) is 37.8. The van der Waals surface area contributed by atoms with Crippen molar-refractivity contribution >= 4 is 23.9 Å². The molecule has 2 fully saturated rings. The van der Waals surface area contributed by atoms with Crippen molar-refractivity contribution in [3.05, 3.63) is 0 Å². The van der Waals surface area contributed by atoms with Gasteiger partial charge >= 0.3 is 23.9 Å². The Balaban J connectivity index is 0.000000437. The van der Waals surface area contributed by atoms with Crippen molar-refractivity contribution in [2.45, 2.75) is 143 Å². The molecule has 0 heterocycles. The Kier molecular flexibility index (Phi) is 16.6. The average molecular weight is 600 g/mol. The Labute approximate surface area is 252 Å². The van der Waals surface area contributed by atoms with Gasteiger partial charge in [0, 0.05) is 12.5 Å². The summed E-state index contributed by atoms with van der Waals surface area (Å²) in [5.74, 6) is -2.23. The molecule has 42 heavy (non-hydrogen) atoms. The van der Waals surface area contributed by atoms with E-state index >= 15 is 0 Å². The van der Waals surface area contributed by atoms with Crippen LogP contribution in [0.2, 0.25) is 0 Å². The van der Waals surface area contributed by atoms with Gasteiger partial charge in [0.2, 0.25) is 6.10 Å². The number of hydrogen-bond acceptors (Lipinski definition) is 8. The van der Waals surface area contributed by atoms with Crippen LogP contribution in [0, 0.1) is 22.7 Å². The lowest BCUT2D eigenvalue weighted by atomic mass is 9.84. The zero-order chi connectivity index (χ0) is 31.9. The molecular weight excluding hydrogens is 542 g/mol. The fraction of sp³-hybridized carbons (Fsp3) is 0.875. The number of aliphatic hydroxyl groups excluding tert-OH is 1. The second kappa shape index (κ2) is 18.5. The summed E-state index contributed by atoms with van der Waals surface area (Å²) in [5, 5.41) is 31.4. The van der Waals surface area contributed by atoms with E-state index in [9.17, 15) is 34.5 Å². The van der Waals surface area contributed by atoms with Crippen LogP contribution in [-0.2, 0) is 28.7 Å². The van der Waals surface area contributed by atoms with E-state index in [-0.39, 0.29) is 25.0 Å². The van der Waals surface area contributed by atoms with E-state index in [1.165, 1.54) is 19.3 Å². The standard InChI is InChI=1S/C18H33NO5.C14H24O4/c1-4-18(2,3)17(23)24-12-14(20)11-19-15(16(21)22)10-13-8-6-5-7-9-13;1-4-14(2,3)13(17)18-11(12(15)16)10-8-6-5-7-9-10/h13-15,19-20H,4-12H2,1-3H3,(H,21,22);10-11H,4-9H2,1-3H3,(H,15,16). The molecule has 0 radical (unpaired) electrons. The normalized spacial score (nSPS) is 19.0. The summed E-state index contributed by atoms with van der Waals surface area (Å²) in [6, 6.07) is -0.662. The van der Waals surface area contributed by atoms with Gasteiger partial charge in [0.05, 0.1) is 10.8 Å². The number of rotatable bonds is 15. The SMILES string of the molecule is CCC(C)(C)C(=O)OC(C(=O)O)C1CCCCC1.CCC(C)(C)C(=O)OCC(O)CNC(CC1CCCCC1)C(=O)O. The van der Waals surface area contributed by atoms with Crippen LogP contribution in [0.1, 0.15) is 125 Å². The van der Waals surface area contributed by atoms with E-state index in [0.717, 1.165) is 44.9 Å². The largest absolute Gasteiger partial charge is 0.480 e. The van der Waals surface area contributed by atoms with Crippen molar-refractivity contribution in [2.75, 3.05) is 13.2 Å². The van der Waals surface area contributed by atoms with E-state index in [2.05, 4.69) is 5.32 Å². The first-order valence-electron chi connectivity index (χ1n) is 15.9. The molecule has 10 nitrogen and oxygen atoms in total. The summed E-state index contributed by atoms with van der Waals surface area (Å²) in [6.07, 6.45) is 10.6. The molecule has 3 unspecified atom stereocenters. The van der Waals surface area contributed by atoms with Crippen LogP contribution in [0.3, 0.4) is 0 Å². The van der Waals surface area contributed by atoms with E-state index in [1.54, 1.807) is 27.7 Å². The number of esters is 2. The van der Waals surface area contributed by atoms with Crippen molar-refractivity contribution in [1.29, 1.82) is 0 Å². The summed E-state index contributed by atoms with van der Waals surface area (Å²) in [4.78, 5) is 46.5. The third kappa shape index (κ3) is 13.4. The summed E-state index contributed by atoms with van der Waals surface area (Å²) in [7, 11) is 0. The predicted molar refractivity (Wildman–Crippen MR) is 160 cm³/mol. The number of carbonyl (C=O) groups excluding carboxylic acids is 2. The van der Waals surface area contributed by atoms with Crippen LogP contribution in [0.5, 0.6) is 0 Å². The van der Waals surface area contributed by atoms with Gasteiger partial charge in [0.1, 0.15) is 18.8 Å². The molecule has 2 aliphatic rings. The van der Waals surface area contributed by atoms with E-state index < -0.39 is 47.0 Å². The van der Waals surface area contributed by atoms with Gasteiger partial charge in [0.25, 0.3) is 0 Å². The maximum Gasteiger partial charge on any atom is 0.345 e. The first-order valence-corrected chi connectivity index (χ1v) is 15.9. The Morgan fingerprint density at radius 1 is 0.786 bits per heavy atom. The quantitative estimate of drug-likeness (QED) is 0.181. The highest BCUT2D eigenvalue weighted by molar-refractivity contribution is 5.81. The fourth-order valence-corrected chi connectivity index (χ4v) is 5.08. The Bertz CT molecular complexity index is 845. The minimum Gasteiger partial charge on any atom is -0.480 e. The monoisotopic (exact) mass is 599 g/mol. The van der Waals surface area contributed by atoms with E-state index in [1.807, 2.05) is 13.8 Å². The molecule has 2 rings (SSSR count). The van der Waals surface area contributed by atoms with Crippen LogP contribution in [0.25, 0.3) is 0 Å². The molecular formula is C32H57NO9. The maximum absolute atomic E-state index is 12.0. The number of carbonyl (C=O) groups is 4. The van der Waals surface area contributed by atoms with Gasteiger partial charge < -0.3 is 30.1 Å². The maximum atomic E-state index is 12.0. The zero-order valence-electron chi connectivity index (χ0n) is 26.8. The van der Waals surface area contributed by atoms with Gasteiger partial charge in [-0.15, -0.1) is 0 Å². The smallest absolute Gasteiger partial charge is 0.345 e. The topological polar surface area (TPSA) is 159 Å². The summed E-state index contributed by atoms with van der Waals surface area (Å²) < 4.78 is 10.4. The molecule has 0 aromatic rings. The lowest BCUT2D eigenvalue weighted by Gasteiger charge is -2.30. The Hall–Kier alpha value is -2.20. The Morgan fingerprint density at radius 3 is 1.76 bits per heavy atom. The molecule has 0 aromatic carbocycles. The van der Waals surface area contributed by atoms with Crippen LogP contribution < -0.4 is 5.32 Å². The number of nitrogens with one attached hydrogen (secondary N) is 1. The highest BCUT2D eigenvalue weighted by atomic mass is 16.6. The lowest BCUT2D eigenvalue weighted by molar-refractivity contribution is -0.175. The number of aliphatic carboxylic acids is 2. The zero-order valence-corrected chi connectivity index (χ0v) is 26.8. The third-order valence-electron chi connectivity index (χ3n) is 9.03. The number of aliphatic hydroxyl groups is 1. The lowest BCUT2D eigenvalue weighted by Crippen LogP contribution is -2.43. The minimum atomic E-state index is -1.01. The molecule has 3 atom stereocenters. The molecule has 0 aromatic heterocycles. The molecule has 2 aliphatic carbocycles. The van der Waals surface area contributed by atoms with Gasteiger partial charge in [-0.3, -0.25) is 14.4 Å². The van der Waals surface area contributed by atoms with Gasteiger partial charge in [0.15, 0.2) is 0 Å². The molecule has 0 amide bonds. The highest BCUT2D eigenvalue weighted by Crippen LogP contribution is 2.31. The number of carboxylic acids is 2. The highest BCUT2D eigenvalue weighted by Gasteiger charge is 2.37. The van der Waals surface area contributed by atoms with Crippen molar-refractivity contribution in [3.8, 4) is 0 Å². The van der Waals surface area contributed by atoms with Crippen LogP contribution >= 0.6 is 0 Å². The van der Waals surface area contributed by atoms with Gasteiger partial charge in [-0.2, -0.15) is 0 Å². The van der Waals surface area contributed by atoms with Crippen molar-refractivity contribution in [1.82, 2.24) is 5.32 Å². The molecule has 0 spiro atoms. The Morgan fingerprint density at radius 2 is 1.29 bits per heavy atom. The second-order valence-corrected chi connectivity index (χ2v) is 13.3. The van der Waals surface area contributed by atoms with Crippen molar-refractivity contribution < 1.29 is 44.0 Å². The molecule has 244 valence electrons. The van der Waals surface area contributed by atoms with Crippen molar-refractivity contribution in [3.63, 3.8) is 0 Å². The molecule has 10 heteroatoms. The predicted octanol–water partition coefficient (Wildman–Crippen LogP) is 5.34. The summed E-state index contributed by atoms with van der Waals surface area (Å²) in [5.41, 5.74) is -1.18. The van der Waals surface area contributed by atoms with Crippen LogP contribution in [0.4, 0.5) is 0 Å². The molecule has 0 saturated heterocycles. The molecule has 0 bridgehead atoms. The van der Waals surface area contributed by atoms with Crippen LogP contribution in [0.15, 0.2) is 0 Å². The minimum absolute atomic E-state index is 0.0205. The van der Waals surface area contributed by atoms with Gasteiger partial charge in [-0.25, -0.2) is 4.79 Å². The molecule has 2 saturated carbocycles. The number of hydrogen-bond donors (Lipinski definition) is 4. The third-order valence-corrected chi connectivity index (χ3v) is 9.03. The van der Waals surface area contributed by atoms with Crippen molar-refractivity contribution in [2.24, 2.45) is 22.7 Å². The van der Waals surface area contributed by atoms with Gasteiger partial charge in [-0.05, 0) is 65.7 Å².